The van der Waals surface area contributed by atoms with Gasteiger partial charge < -0.3 is 29.2 Å². The fourth-order valence-electron chi connectivity index (χ4n) is 4.08. The van der Waals surface area contributed by atoms with Gasteiger partial charge in [-0.15, -0.1) is 0 Å². The summed E-state index contributed by atoms with van der Waals surface area (Å²) in [5.41, 5.74) is 3.62. The van der Waals surface area contributed by atoms with Gasteiger partial charge in [-0.1, -0.05) is 30.3 Å². The van der Waals surface area contributed by atoms with Gasteiger partial charge in [0, 0.05) is 43.6 Å². The van der Waals surface area contributed by atoms with Crippen LogP contribution in [0.2, 0.25) is 0 Å². The Hall–Kier alpha value is -4.34. The summed E-state index contributed by atoms with van der Waals surface area (Å²) >= 11 is 0. The largest absolute Gasteiger partial charge is 0.489 e. The third kappa shape index (κ3) is 8.38. The molecule has 0 saturated heterocycles. The Morgan fingerprint density at radius 3 is 2.46 bits per heavy atom. The van der Waals surface area contributed by atoms with Crippen LogP contribution in [0.1, 0.15) is 36.8 Å². The number of esters is 1. The van der Waals surface area contributed by atoms with E-state index >= 15 is 0 Å². The van der Waals surface area contributed by atoms with E-state index in [1.807, 2.05) is 49.9 Å². The molecule has 37 heavy (non-hydrogen) atoms. The number of aryl methyl sites for hydroxylation is 1. The zero-order valence-electron chi connectivity index (χ0n) is 20.7. The Morgan fingerprint density at radius 2 is 1.81 bits per heavy atom. The number of benzene rings is 2. The minimum Gasteiger partial charge on any atom is -0.489 e. The van der Waals surface area contributed by atoms with Crippen molar-refractivity contribution >= 4 is 23.6 Å². The van der Waals surface area contributed by atoms with Crippen LogP contribution in [0.5, 0.6) is 5.75 Å². The predicted molar refractivity (Wildman–Crippen MR) is 136 cm³/mol. The standard InChI is InChI=1S/C25H29N3O3.C2H2O4/c1-2-30-25(29)11-14-28-17-21(10-13-27-15-12-26-19-27)23-16-22(8-9-24(23)28)31-18-20-6-4-3-5-7-20;3-1(4)2(5)6/h3-9,12,15-16,19,21H,2,10-11,13-14,17-18H2,1H3;(H,3,4)(H,5,6). The first-order valence-electron chi connectivity index (χ1n) is 12.0. The Balaban J connectivity index is 0.000000568. The number of anilines is 1. The molecule has 0 fully saturated rings. The number of ether oxygens (including phenoxy) is 2. The van der Waals surface area contributed by atoms with Gasteiger partial charge >= 0.3 is 17.9 Å². The van der Waals surface area contributed by atoms with Gasteiger partial charge in [-0.2, -0.15) is 0 Å². The van der Waals surface area contributed by atoms with Crippen molar-refractivity contribution in [3.8, 4) is 5.75 Å². The molecule has 1 atom stereocenters. The van der Waals surface area contributed by atoms with Gasteiger partial charge in [0.25, 0.3) is 0 Å². The van der Waals surface area contributed by atoms with Crippen molar-refractivity contribution in [3.63, 3.8) is 0 Å². The van der Waals surface area contributed by atoms with Crippen molar-refractivity contribution < 1.29 is 34.1 Å². The molecule has 10 nitrogen and oxygen atoms in total. The van der Waals surface area contributed by atoms with Crippen LogP contribution < -0.4 is 9.64 Å². The number of carboxylic acid groups (broad SMARTS) is 2. The van der Waals surface area contributed by atoms with Crippen LogP contribution in [-0.2, 0) is 32.3 Å². The fourth-order valence-corrected chi connectivity index (χ4v) is 4.08. The average Bonchev–Trinajstić information content (AvgIpc) is 3.54. The van der Waals surface area contributed by atoms with Crippen molar-refractivity contribution in [1.29, 1.82) is 0 Å². The number of nitrogens with zero attached hydrogens (tertiary/aromatic N) is 3. The Kier molecular flexibility index (Phi) is 10.1. The van der Waals surface area contributed by atoms with Gasteiger partial charge in [0.1, 0.15) is 12.4 Å². The smallest absolute Gasteiger partial charge is 0.414 e. The third-order valence-corrected chi connectivity index (χ3v) is 5.84. The number of carbonyl (C=O) groups is 3. The normalized spacial score (nSPS) is 13.8. The van der Waals surface area contributed by atoms with Crippen LogP contribution in [0.15, 0.2) is 67.3 Å². The minimum absolute atomic E-state index is 0.145. The Bertz CT molecular complexity index is 1150. The summed E-state index contributed by atoms with van der Waals surface area (Å²) in [4.78, 5) is 36.5. The number of aliphatic carboxylic acids is 2. The van der Waals surface area contributed by atoms with Crippen LogP contribution in [-0.4, -0.2) is 57.4 Å². The van der Waals surface area contributed by atoms with Gasteiger partial charge in [0.15, 0.2) is 0 Å². The van der Waals surface area contributed by atoms with E-state index in [0.717, 1.165) is 30.8 Å². The molecule has 0 amide bonds. The van der Waals surface area contributed by atoms with Gasteiger partial charge in [-0.25, -0.2) is 14.6 Å². The topological polar surface area (TPSA) is 131 Å². The minimum atomic E-state index is -1.82. The molecule has 2 aromatic carbocycles. The van der Waals surface area contributed by atoms with Crippen molar-refractivity contribution in [2.45, 2.75) is 38.8 Å². The van der Waals surface area contributed by atoms with Crippen molar-refractivity contribution in [2.75, 3.05) is 24.6 Å². The van der Waals surface area contributed by atoms with Crippen LogP contribution in [0, 0.1) is 0 Å². The maximum Gasteiger partial charge on any atom is 0.414 e. The van der Waals surface area contributed by atoms with Crippen molar-refractivity contribution in [2.24, 2.45) is 0 Å². The highest BCUT2D eigenvalue weighted by Crippen LogP contribution is 2.40. The summed E-state index contributed by atoms with van der Waals surface area (Å²) in [7, 11) is 0. The maximum atomic E-state index is 11.9. The molecule has 1 unspecified atom stereocenters. The maximum absolute atomic E-state index is 11.9. The number of aromatic nitrogens is 2. The van der Waals surface area contributed by atoms with Crippen LogP contribution in [0.4, 0.5) is 5.69 Å². The van der Waals surface area contributed by atoms with E-state index in [2.05, 4.69) is 38.7 Å². The molecule has 2 N–H and O–H groups in total. The molecule has 0 saturated carbocycles. The predicted octanol–water partition coefficient (Wildman–Crippen LogP) is 3.56. The third-order valence-electron chi connectivity index (χ3n) is 5.84. The summed E-state index contributed by atoms with van der Waals surface area (Å²) < 4.78 is 13.3. The van der Waals surface area contributed by atoms with E-state index in [1.165, 1.54) is 11.3 Å². The number of carbonyl (C=O) groups excluding carboxylic acids is 1. The van der Waals surface area contributed by atoms with E-state index < -0.39 is 11.9 Å². The summed E-state index contributed by atoms with van der Waals surface area (Å²) in [6, 6.07) is 16.5. The van der Waals surface area contributed by atoms with Crippen LogP contribution in [0.3, 0.4) is 0 Å². The van der Waals surface area contributed by atoms with Crippen molar-refractivity contribution in [1.82, 2.24) is 9.55 Å². The second-order valence-electron chi connectivity index (χ2n) is 8.39. The van der Waals surface area contributed by atoms with E-state index in [0.29, 0.717) is 32.1 Å². The summed E-state index contributed by atoms with van der Waals surface area (Å²) in [6.45, 7) is 5.28. The molecular formula is C27H31N3O7. The lowest BCUT2D eigenvalue weighted by Crippen LogP contribution is -2.25. The molecule has 1 aromatic heterocycles. The van der Waals surface area contributed by atoms with Crippen molar-refractivity contribution in [3.05, 3.63) is 78.4 Å². The molecule has 196 valence electrons. The molecular weight excluding hydrogens is 478 g/mol. The number of fused-ring (bicyclic) bond motifs is 1. The highest BCUT2D eigenvalue weighted by atomic mass is 16.5. The summed E-state index contributed by atoms with van der Waals surface area (Å²) in [5.74, 6) is -2.54. The monoisotopic (exact) mass is 509 g/mol. The molecule has 10 heteroatoms. The number of hydrogen-bond donors (Lipinski definition) is 2. The first kappa shape index (κ1) is 27.3. The molecule has 2 heterocycles. The molecule has 0 bridgehead atoms. The molecule has 0 radical (unpaired) electrons. The second kappa shape index (κ2) is 13.7. The van der Waals surface area contributed by atoms with E-state index in [1.54, 1.807) is 0 Å². The molecule has 1 aliphatic rings. The van der Waals surface area contributed by atoms with E-state index in [9.17, 15) is 4.79 Å². The second-order valence-corrected chi connectivity index (χ2v) is 8.39. The molecule has 1 aliphatic heterocycles. The first-order chi connectivity index (χ1) is 17.9. The lowest BCUT2D eigenvalue weighted by Gasteiger charge is -2.19. The van der Waals surface area contributed by atoms with E-state index in [4.69, 9.17) is 29.3 Å². The molecule has 0 spiro atoms. The molecule has 3 aromatic rings. The number of carboxylic acids is 2. The fraction of sp³-hybridized carbons (Fsp3) is 0.333. The average molecular weight is 510 g/mol. The highest BCUT2D eigenvalue weighted by molar-refractivity contribution is 6.27. The molecule has 4 rings (SSSR count). The number of hydrogen-bond acceptors (Lipinski definition) is 7. The summed E-state index contributed by atoms with van der Waals surface area (Å²) in [5, 5.41) is 14.8. The first-order valence-corrected chi connectivity index (χ1v) is 12.0. The highest BCUT2D eigenvalue weighted by Gasteiger charge is 2.29. The lowest BCUT2D eigenvalue weighted by molar-refractivity contribution is -0.159. The van der Waals surface area contributed by atoms with Gasteiger partial charge in [0.05, 0.1) is 19.4 Å². The quantitative estimate of drug-likeness (QED) is 0.311. The van der Waals surface area contributed by atoms with Gasteiger partial charge in [-0.3, -0.25) is 4.79 Å². The Labute approximate surface area is 215 Å². The van der Waals surface area contributed by atoms with Gasteiger partial charge in [-0.05, 0) is 42.7 Å². The SMILES string of the molecule is CCOC(=O)CCN1CC(CCn2ccnc2)c2cc(OCc3ccccc3)ccc21.O=C(O)C(=O)O. The van der Waals surface area contributed by atoms with Crippen LogP contribution >= 0.6 is 0 Å². The lowest BCUT2D eigenvalue weighted by atomic mass is 9.97. The Morgan fingerprint density at radius 1 is 1.05 bits per heavy atom. The van der Waals surface area contributed by atoms with E-state index in [-0.39, 0.29) is 5.97 Å². The van der Waals surface area contributed by atoms with Gasteiger partial charge in [0.2, 0.25) is 0 Å². The number of imidazole rings is 1. The zero-order chi connectivity index (χ0) is 26.6. The van der Waals surface area contributed by atoms with Crippen LogP contribution in [0.25, 0.3) is 0 Å². The molecule has 0 aliphatic carbocycles. The zero-order valence-corrected chi connectivity index (χ0v) is 20.7. The number of rotatable bonds is 10. The summed E-state index contributed by atoms with van der Waals surface area (Å²) in [6.07, 6.45) is 7.06.